The zero-order chi connectivity index (χ0) is 21.7. The van der Waals surface area contributed by atoms with Crippen molar-refractivity contribution in [3.63, 3.8) is 0 Å². The molecule has 2 amide bonds. The topological polar surface area (TPSA) is 113 Å². The molecule has 2 aromatic carbocycles. The van der Waals surface area contributed by atoms with E-state index in [0.717, 1.165) is 17.3 Å². The fraction of sp³-hybridized carbons (Fsp3) is 0.182. The van der Waals surface area contributed by atoms with E-state index in [2.05, 4.69) is 0 Å². The van der Waals surface area contributed by atoms with Gasteiger partial charge in [-0.2, -0.15) is 5.26 Å². The average Bonchev–Trinajstić information content (AvgIpc) is 3.05. The molecule has 8 heteroatoms. The van der Waals surface area contributed by atoms with Crippen LogP contribution < -0.4 is 10.6 Å². The Morgan fingerprint density at radius 3 is 2.40 bits per heavy atom. The minimum absolute atomic E-state index is 0.231. The molecule has 0 saturated carbocycles. The number of nitrogens with zero attached hydrogens (tertiary/aromatic N) is 2. The van der Waals surface area contributed by atoms with E-state index in [1.165, 1.54) is 4.90 Å². The summed E-state index contributed by atoms with van der Waals surface area (Å²) in [5.74, 6) is -1.53. The summed E-state index contributed by atoms with van der Waals surface area (Å²) in [6.07, 6.45) is 0.358. The van der Waals surface area contributed by atoms with E-state index in [1.807, 2.05) is 12.1 Å². The number of benzene rings is 2. The molecule has 0 radical (unpaired) electrons. The van der Waals surface area contributed by atoms with E-state index in [4.69, 9.17) is 10.5 Å². The van der Waals surface area contributed by atoms with Crippen LogP contribution in [0.15, 0.2) is 65.2 Å². The van der Waals surface area contributed by atoms with Crippen molar-refractivity contribution in [2.75, 3.05) is 11.5 Å². The number of esters is 1. The van der Waals surface area contributed by atoms with Crippen molar-refractivity contribution in [3.8, 4) is 6.07 Å². The summed E-state index contributed by atoms with van der Waals surface area (Å²) in [5.41, 5.74) is 6.93. The van der Waals surface area contributed by atoms with Crippen LogP contribution >= 0.6 is 11.8 Å². The molecular formula is C22H19N3O4S. The summed E-state index contributed by atoms with van der Waals surface area (Å²) in [5, 5.41) is 9.09. The second kappa shape index (κ2) is 9.29. The average molecular weight is 421 g/mol. The summed E-state index contributed by atoms with van der Waals surface area (Å²) in [7, 11) is 0. The lowest BCUT2D eigenvalue weighted by Gasteiger charge is -2.18. The Balaban J connectivity index is 1.90. The molecule has 7 nitrogen and oxygen atoms in total. The van der Waals surface area contributed by atoms with Gasteiger partial charge >= 0.3 is 5.97 Å². The highest BCUT2D eigenvalue weighted by Crippen LogP contribution is 2.41. The molecule has 1 saturated heterocycles. The number of para-hydroxylation sites is 1. The van der Waals surface area contributed by atoms with Crippen LogP contribution in [-0.2, 0) is 20.7 Å². The van der Waals surface area contributed by atoms with Crippen LogP contribution in [0.4, 0.5) is 5.69 Å². The Labute approximate surface area is 178 Å². The normalized spacial score (nSPS) is 17.4. The first-order valence-corrected chi connectivity index (χ1v) is 10.1. The van der Waals surface area contributed by atoms with Crippen molar-refractivity contribution in [1.29, 1.82) is 5.26 Å². The number of carbonyl (C=O) groups excluding carboxylic acids is 3. The SMILES string of the molecule is CCOC(=O)c1ccc(C[C@H]2S/C(=C(/C#N)C(N)=O)N(c3ccccc3)C2=O)cc1. The predicted octanol–water partition coefficient (Wildman–Crippen LogP) is 2.77. The molecule has 1 aliphatic rings. The summed E-state index contributed by atoms with van der Waals surface area (Å²) < 4.78 is 4.97. The van der Waals surface area contributed by atoms with Crippen molar-refractivity contribution in [2.45, 2.75) is 18.6 Å². The molecule has 1 heterocycles. The minimum Gasteiger partial charge on any atom is -0.462 e. The van der Waals surface area contributed by atoms with E-state index < -0.39 is 17.1 Å². The van der Waals surface area contributed by atoms with Crippen LogP contribution in [0, 0.1) is 11.3 Å². The number of nitrogens with two attached hydrogens (primary N) is 1. The predicted molar refractivity (Wildman–Crippen MR) is 113 cm³/mol. The van der Waals surface area contributed by atoms with Gasteiger partial charge in [0.25, 0.3) is 5.91 Å². The quantitative estimate of drug-likeness (QED) is 0.436. The Morgan fingerprint density at radius 2 is 1.83 bits per heavy atom. The molecule has 0 unspecified atom stereocenters. The van der Waals surface area contributed by atoms with Crippen LogP contribution in [0.1, 0.15) is 22.8 Å². The number of primary amides is 1. The number of carbonyl (C=O) groups is 3. The summed E-state index contributed by atoms with van der Waals surface area (Å²) in [6.45, 7) is 2.03. The molecular weight excluding hydrogens is 402 g/mol. The van der Waals surface area contributed by atoms with Crippen LogP contribution in [0.3, 0.4) is 0 Å². The van der Waals surface area contributed by atoms with Gasteiger partial charge in [-0.15, -0.1) is 0 Å². The lowest BCUT2D eigenvalue weighted by molar-refractivity contribution is -0.117. The van der Waals surface area contributed by atoms with E-state index in [9.17, 15) is 19.6 Å². The number of nitriles is 1. The van der Waals surface area contributed by atoms with E-state index in [1.54, 1.807) is 55.5 Å². The highest BCUT2D eigenvalue weighted by Gasteiger charge is 2.40. The molecule has 3 rings (SSSR count). The second-order valence-corrected chi connectivity index (χ2v) is 7.58. The fourth-order valence-electron chi connectivity index (χ4n) is 3.02. The van der Waals surface area contributed by atoms with Gasteiger partial charge in [0, 0.05) is 5.69 Å². The maximum atomic E-state index is 13.2. The highest BCUT2D eigenvalue weighted by molar-refractivity contribution is 8.05. The minimum atomic E-state index is -0.881. The number of anilines is 1. The molecule has 0 aliphatic carbocycles. The summed E-state index contributed by atoms with van der Waals surface area (Å²) in [4.78, 5) is 38.1. The maximum Gasteiger partial charge on any atom is 0.338 e. The van der Waals surface area contributed by atoms with Crippen LogP contribution in [0.2, 0.25) is 0 Å². The van der Waals surface area contributed by atoms with Gasteiger partial charge in [0.05, 0.1) is 17.4 Å². The number of hydrogen-bond acceptors (Lipinski definition) is 6. The first kappa shape index (κ1) is 21.1. The number of ether oxygens (including phenoxy) is 1. The van der Waals surface area contributed by atoms with Crippen molar-refractivity contribution >= 4 is 35.2 Å². The van der Waals surface area contributed by atoms with Crippen molar-refractivity contribution in [1.82, 2.24) is 0 Å². The third-order valence-electron chi connectivity index (χ3n) is 4.43. The van der Waals surface area contributed by atoms with Gasteiger partial charge in [0.1, 0.15) is 16.7 Å². The first-order chi connectivity index (χ1) is 14.5. The maximum absolute atomic E-state index is 13.2. The summed E-state index contributed by atoms with van der Waals surface area (Å²) in [6, 6.07) is 17.4. The Hall–Kier alpha value is -3.57. The zero-order valence-corrected chi connectivity index (χ0v) is 17.0. The molecule has 2 aromatic rings. The number of rotatable bonds is 6. The van der Waals surface area contributed by atoms with Crippen LogP contribution in [0.25, 0.3) is 0 Å². The van der Waals surface area contributed by atoms with Gasteiger partial charge in [-0.3, -0.25) is 14.5 Å². The van der Waals surface area contributed by atoms with Crippen molar-refractivity contribution in [2.24, 2.45) is 5.73 Å². The molecule has 1 fully saturated rings. The smallest absolute Gasteiger partial charge is 0.338 e. The molecule has 2 N–H and O–H groups in total. The molecule has 0 bridgehead atoms. The van der Waals surface area contributed by atoms with Gasteiger partial charge in [-0.05, 0) is 43.2 Å². The number of thioether (sulfide) groups is 1. The van der Waals surface area contributed by atoms with Gasteiger partial charge in [-0.1, -0.05) is 42.1 Å². The highest BCUT2D eigenvalue weighted by atomic mass is 32.2. The third kappa shape index (κ3) is 4.36. The lowest BCUT2D eigenvalue weighted by Crippen LogP contribution is -2.31. The lowest BCUT2D eigenvalue weighted by atomic mass is 10.1. The number of hydrogen-bond donors (Lipinski definition) is 1. The zero-order valence-electron chi connectivity index (χ0n) is 16.2. The first-order valence-electron chi connectivity index (χ1n) is 9.22. The van der Waals surface area contributed by atoms with Gasteiger partial charge in [0.2, 0.25) is 5.91 Å². The van der Waals surface area contributed by atoms with Crippen LogP contribution in [0.5, 0.6) is 0 Å². The van der Waals surface area contributed by atoms with Crippen LogP contribution in [-0.4, -0.2) is 29.6 Å². The van der Waals surface area contributed by atoms with E-state index in [0.29, 0.717) is 24.3 Å². The third-order valence-corrected chi connectivity index (χ3v) is 5.69. The Bertz CT molecular complexity index is 1040. The molecule has 0 spiro atoms. The van der Waals surface area contributed by atoms with Gasteiger partial charge in [0.15, 0.2) is 0 Å². The van der Waals surface area contributed by atoms with Gasteiger partial charge in [-0.25, -0.2) is 4.79 Å². The largest absolute Gasteiger partial charge is 0.462 e. The Morgan fingerprint density at radius 1 is 1.17 bits per heavy atom. The second-order valence-electron chi connectivity index (χ2n) is 6.39. The van der Waals surface area contributed by atoms with E-state index >= 15 is 0 Å². The molecule has 30 heavy (non-hydrogen) atoms. The molecule has 152 valence electrons. The summed E-state index contributed by atoms with van der Waals surface area (Å²) >= 11 is 1.14. The molecule has 0 aromatic heterocycles. The molecule has 1 atom stereocenters. The molecule has 1 aliphatic heterocycles. The van der Waals surface area contributed by atoms with E-state index in [-0.39, 0.29) is 16.5 Å². The van der Waals surface area contributed by atoms with Crippen molar-refractivity contribution < 1.29 is 19.1 Å². The van der Waals surface area contributed by atoms with Crippen molar-refractivity contribution in [3.05, 3.63) is 76.3 Å². The number of amides is 2. The Kier molecular flexibility index (Phi) is 6.54. The fourth-order valence-corrected chi connectivity index (χ4v) is 4.33. The standard InChI is InChI=1S/C22H19N3O4S/c1-2-29-22(28)15-10-8-14(9-11-15)12-18-20(27)25(16-6-4-3-5-7-16)21(30-18)17(13-23)19(24)26/h3-11,18H,2,12H2,1H3,(H2,24,26)/b21-17-/t18-/m1/s1. The monoisotopic (exact) mass is 421 g/mol. The van der Waals surface area contributed by atoms with Gasteiger partial charge < -0.3 is 10.5 Å².